The zero-order valence-corrected chi connectivity index (χ0v) is 45.0. The molecule has 1 aliphatic carbocycles. The highest BCUT2D eigenvalue weighted by atomic mass is 16.6. The van der Waals surface area contributed by atoms with Crippen LogP contribution < -0.4 is 0 Å². The van der Waals surface area contributed by atoms with Gasteiger partial charge in [-0.15, -0.1) is 0 Å². The number of amides is 1. The molecule has 15 nitrogen and oxygen atoms in total. The number of hydrogen-bond donors (Lipinski definition) is 2. The Labute approximate surface area is 424 Å². The van der Waals surface area contributed by atoms with Crippen molar-refractivity contribution in [3.8, 4) is 0 Å². The molecule has 3 heterocycles. The maximum Gasteiger partial charge on any atom is 0.329 e. The second kappa shape index (κ2) is 28.9. The Balaban J connectivity index is 1.67. The molecule has 71 heavy (non-hydrogen) atoms. The van der Waals surface area contributed by atoms with Gasteiger partial charge in [-0.05, 0) is 121 Å². The predicted molar refractivity (Wildman–Crippen MR) is 270 cm³/mol. The lowest BCUT2D eigenvalue weighted by Gasteiger charge is -2.42. The average Bonchev–Trinajstić information content (AvgIpc) is 3.34. The summed E-state index contributed by atoms with van der Waals surface area (Å²) in [5.74, 6) is -7.85. The summed E-state index contributed by atoms with van der Waals surface area (Å²) < 4.78 is 41.8. The second-order valence-electron chi connectivity index (χ2n) is 21.4. The lowest BCUT2D eigenvalue weighted by Crippen LogP contribution is -2.61. The van der Waals surface area contributed by atoms with E-state index in [1.54, 1.807) is 41.1 Å². The number of rotatable bonds is 11. The highest BCUT2D eigenvalue weighted by Crippen LogP contribution is 2.38. The van der Waals surface area contributed by atoms with Crippen molar-refractivity contribution in [2.45, 2.75) is 200 Å². The number of piperidine rings is 1. The molecule has 402 valence electrons. The second-order valence-corrected chi connectivity index (χ2v) is 21.4. The van der Waals surface area contributed by atoms with E-state index in [4.69, 9.17) is 33.2 Å². The molecule has 2 N–H and O–H groups in total. The number of methoxy groups -OCH3 is 3. The number of ether oxygens (including phenoxy) is 7. The maximum absolute atomic E-state index is 14.5. The number of fused-ring (bicyclic) bond motifs is 3. The van der Waals surface area contributed by atoms with E-state index in [9.17, 15) is 34.2 Å². The summed E-state index contributed by atoms with van der Waals surface area (Å²) in [5.41, 5.74) is 1.28. The molecule has 4 aliphatic rings. The van der Waals surface area contributed by atoms with Gasteiger partial charge in [-0.25, -0.2) is 4.79 Å². The fourth-order valence-electron chi connectivity index (χ4n) is 10.8. The molecule has 3 fully saturated rings. The van der Waals surface area contributed by atoms with E-state index < -0.39 is 77.8 Å². The van der Waals surface area contributed by atoms with E-state index >= 15 is 0 Å². The topological polar surface area (TPSA) is 194 Å². The Morgan fingerprint density at radius 1 is 0.817 bits per heavy atom. The molecule has 1 saturated carbocycles. The van der Waals surface area contributed by atoms with Gasteiger partial charge in [0.05, 0.1) is 43.7 Å². The molecular weight excluding hydrogens is 911 g/mol. The van der Waals surface area contributed by atoms with Crippen LogP contribution in [-0.4, -0.2) is 146 Å². The number of carbonyl (C=O) groups excluding carboxylic acids is 5. The zero-order valence-electron chi connectivity index (χ0n) is 45.0. The number of Topliss-reactive ketones (excluding diaryl/α,β-unsaturated/α-hetero) is 3. The molecular formula is C56H89NO14. The zero-order chi connectivity index (χ0) is 52.6. The van der Waals surface area contributed by atoms with E-state index in [2.05, 4.69) is 0 Å². The van der Waals surface area contributed by atoms with Crippen LogP contribution in [0.5, 0.6) is 0 Å². The molecule has 4 rings (SSSR count). The van der Waals surface area contributed by atoms with Crippen molar-refractivity contribution < 1.29 is 67.3 Å². The Hall–Kier alpha value is -3.41. The number of allylic oxidation sites excluding steroid dienone is 6. The van der Waals surface area contributed by atoms with Gasteiger partial charge in [-0.2, -0.15) is 0 Å². The summed E-state index contributed by atoms with van der Waals surface area (Å²) >= 11 is 0. The van der Waals surface area contributed by atoms with Gasteiger partial charge in [0.1, 0.15) is 30.1 Å². The van der Waals surface area contributed by atoms with Crippen molar-refractivity contribution in [2.75, 3.05) is 41.1 Å². The van der Waals surface area contributed by atoms with Crippen LogP contribution in [0, 0.1) is 35.5 Å². The Kier molecular flexibility index (Phi) is 24.5. The molecule has 15 atom stereocenters. The summed E-state index contributed by atoms with van der Waals surface area (Å²) in [6, 6.07) is -1.14. The fraction of sp³-hybridized carbons (Fsp3) is 0.768. The minimum Gasteiger partial charge on any atom is -0.460 e. The normalized spacial score (nSPS) is 38.1. The Bertz CT molecular complexity index is 1880. The van der Waals surface area contributed by atoms with Gasteiger partial charge in [0.25, 0.3) is 11.7 Å². The summed E-state index contributed by atoms with van der Waals surface area (Å²) in [7, 11) is 4.64. The van der Waals surface area contributed by atoms with Crippen molar-refractivity contribution in [3.05, 3.63) is 47.6 Å². The maximum atomic E-state index is 14.5. The summed E-state index contributed by atoms with van der Waals surface area (Å²) in [6.07, 6.45) is 12.5. The van der Waals surface area contributed by atoms with Crippen LogP contribution in [0.4, 0.5) is 0 Å². The molecule has 3 aliphatic heterocycles. The third-order valence-electron chi connectivity index (χ3n) is 15.3. The van der Waals surface area contributed by atoms with Crippen molar-refractivity contribution in [3.63, 3.8) is 0 Å². The van der Waals surface area contributed by atoms with Crippen molar-refractivity contribution in [1.82, 2.24) is 4.90 Å². The summed E-state index contributed by atoms with van der Waals surface area (Å²) in [5, 5.41) is 23.5. The lowest BCUT2D eigenvalue weighted by atomic mass is 9.78. The molecule has 1 amide bonds. The van der Waals surface area contributed by atoms with E-state index in [1.165, 1.54) is 12.0 Å². The van der Waals surface area contributed by atoms with Crippen LogP contribution in [0.3, 0.4) is 0 Å². The number of esters is 1. The molecule has 2 saturated heterocycles. The van der Waals surface area contributed by atoms with Gasteiger partial charge in [0.15, 0.2) is 5.78 Å². The van der Waals surface area contributed by atoms with E-state index in [0.29, 0.717) is 70.2 Å². The third kappa shape index (κ3) is 17.1. The number of carbonyl (C=O) groups is 5. The molecule has 0 aromatic heterocycles. The SMILES string of the molecule is CO[C@H]1C[C@@H]2CC[C@@H](C)[C@@](O)(O2)C(=O)C(=O)N2CCCC[C@H]2C(=O)O[C@H]([C@H](C)C[C@@H]2CC[C@@H](OCCOC(C)C)[C@H](OC)C2)CC(=O)[C@H](C)/C=C(\C)[C@@H](O)[C@@H](OC)C(=O)[C@H](C)C[C@H](C)/C=C/C=C/C=C/1C. The average molecular weight is 1000 g/mol. The summed E-state index contributed by atoms with van der Waals surface area (Å²) in [6.45, 7) is 17.7. The standard InChI is InChI=1S/C56H89NO14/c1-34(2)68-26-27-69-46-24-22-42(31-49(46)66-11)30-38(6)48-33-45(58)37(5)29-40(8)51(60)52(67-12)50(59)39(7)28-35(3)18-14-13-15-19-36(4)47(65-10)32-43-23-21-41(9)56(64,71-43)53(61)54(62)57-25-17-16-20-44(57)55(63)70-48/h13-15,18-19,29,34-35,37-39,41-44,46-49,51-52,60,64H,16-17,20-28,30-33H2,1-12H3/b15-13+,18-14+,36-19+,40-29+/t35-,37-,38-,39-,41-,42+,43+,44+,46-,47+,48+,49-,51-,52+,56-/m1/s1. The fourth-order valence-corrected chi connectivity index (χ4v) is 10.8. The minimum atomic E-state index is -2.43. The van der Waals surface area contributed by atoms with Gasteiger partial charge in [-0.1, -0.05) is 71.1 Å². The first kappa shape index (κ1) is 60.1. The number of aliphatic hydroxyl groups is 2. The van der Waals surface area contributed by atoms with Crippen LogP contribution in [0.1, 0.15) is 139 Å². The largest absolute Gasteiger partial charge is 0.460 e. The molecule has 0 unspecified atom stereocenters. The van der Waals surface area contributed by atoms with Crippen molar-refractivity contribution >= 4 is 29.2 Å². The first-order valence-corrected chi connectivity index (χ1v) is 26.4. The lowest BCUT2D eigenvalue weighted by molar-refractivity contribution is -0.265. The van der Waals surface area contributed by atoms with Crippen molar-refractivity contribution in [1.29, 1.82) is 0 Å². The predicted octanol–water partition coefficient (Wildman–Crippen LogP) is 7.63. The quantitative estimate of drug-likeness (QED) is 0.0888. The molecule has 0 aromatic carbocycles. The Morgan fingerprint density at radius 2 is 1.55 bits per heavy atom. The van der Waals surface area contributed by atoms with E-state index in [-0.39, 0.29) is 67.0 Å². The Morgan fingerprint density at radius 3 is 2.23 bits per heavy atom. The number of nitrogens with zero attached hydrogens (tertiary/aromatic N) is 1. The highest BCUT2D eigenvalue weighted by molar-refractivity contribution is 6.39. The third-order valence-corrected chi connectivity index (χ3v) is 15.3. The van der Waals surface area contributed by atoms with Gasteiger partial charge in [0.2, 0.25) is 5.79 Å². The monoisotopic (exact) mass is 1000 g/mol. The molecule has 0 radical (unpaired) electrons. The van der Waals surface area contributed by atoms with Gasteiger partial charge in [-0.3, -0.25) is 19.2 Å². The number of hydrogen-bond acceptors (Lipinski definition) is 14. The van der Waals surface area contributed by atoms with Crippen molar-refractivity contribution in [2.24, 2.45) is 35.5 Å². The number of cyclic esters (lactones) is 1. The van der Waals surface area contributed by atoms with Gasteiger partial charge >= 0.3 is 5.97 Å². The van der Waals surface area contributed by atoms with Crippen LogP contribution in [0.15, 0.2) is 47.6 Å². The number of ketones is 3. The first-order chi connectivity index (χ1) is 33.6. The number of aliphatic hydroxyl groups excluding tert-OH is 1. The van der Waals surface area contributed by atoms with Crippen LogP contribution in [0.2, 0.25) is 0 Å². The first-order valence-electron chi connectivity index (χ1n) is 26.4. The highest BCUT2D eigenvalue weighted by Gasteiger charge is 2.53. The summed E-state index contributed by atoms with van der Waals surface area (Å²) in [4.78, 5) is 72.4. The van der Waals surface area contributed by atoms with Crippen LogP contribution in [0.25, 0.3) is 0 Å². The molecule has 2 bridgehead atoms. The minimum absolute atomic E-state index is 0.0186. The van der Waals surface area contributed by atoms with Gasteiger partial charge in [0, 0.05) is 58.5 Å². The van der Waals surface area contributed by atoms with Gasteiger partial charge < -0.3 is 48.3 Å². The van der Waals surface area contributed by atoms with E-state index in [1.807, 2.05) is 71.9 Å². The van der Waals surface area contributed by atoms with Crippen LogP contribution >= 0.6 is 0 Å². The molecule has 0 spiro atoms. The van der Waals surface area contributed by atoms with E-state index in [0.717, 1.165) is 18.4 Å². The molecule has 0 aromatic rings. The smallest absolute Gasteiger partial charge is 0.329 e. The van der Waals surface area contributed by atoms with Crippen LogP contribution in [-0.2, 0) is 57.1 Å². The molecule has 15 heteroatoms.